The van der Waals surface area contributed by atoms with Gasteiger partial charge >= 0.3 is 11.9 Å². The quantitative estimate of drug-likeness (QED) is 0.575. The number of esters is 1. The molecule has 1 atom stereocenters. The first-order valence-corrected chi connectivity index (χ1v) is 5.09. The molecule has 1 unspecified atom stereocenters. The molecule has 0 aliphatic heterocycles. The van der Waals surface area contributed by atoms with E-state index in [-0.39, 0.29) is 25.5 Å². The zero-order valence-electron chi connectivity index (χ0n) is 9.91. The number of methoxy groups -OCH3 is 1. The van der Waals surface area contributed by atoms with Gasteiger partial charge in [0.15, 0.2) is 0 Å². The van der Waals surface area contributed by atoms with Crippen molar-refractivity contribution >= 4 is 11.9 Å². The first kappa shape index (κ1) is 14.9. The van der Waals surface area contributed by atoms with Crippen molar-refractivity contribution in [1.82, 2.24) is 5.32 Å². The van der Waals surface area contributed by atoms with E-state index in [9.17, 15) is 9.59 Å². The lowest BCUT2D eigenvalue weighted by Gasteiger charge is -2.25. The molecule has 0 bridgehead atoms. The Hall–Kier alpha value is -1.14. The van der Waals surface area contributed by atoms with Crippen LogP contribution in [0.15, 0.2) is 0 Å². The molecular weight excluding hydrogens is 214 g/mol. The van der Waals surface area contributed by atoms with Gasteiger partial charge in [-0.3, -0.25) is 14.9 Å². The van der Waals surface area contributed by atoms with Crippen LogP contribution in [0.2, 0.25) is 0 Å². The Labute approximate surface area is 94.9 Å². The van der Waals surface area contributed by atoms with Gasteiger partial charge in [0.1, 0.15) is 5.54 Å². The van der Waals surface area contributed by atoms with Crippen molar-refractivity contribution in [2.75, 3.05) is 26.9 Å². The molecule has 6 nitrogen and oxygen atoms in total. The van der Waals surface area contributed by atoms with Gasteiger partial charge < -0.3 is 14.6 Å². The van der Waals surface area contributed by atoms with Crippen molar-refractivity contribution in [2.45, 2.75) is 25.8 Å². The van der Waals surface area contributed by atoms with E-state index in [2.05, 4.69) is 5.32 Å². The molecule has 0 rings (SSSR count). The molecule has 2 N–H and O–H groups in total. The van der Waals surface area contributed by atoms with E-state index in [0.717, 1.165) is 0 Å². The van der Waals surface area contributed by atoms with Crippen LogP contribution in [-0.2, 0) is 19.1 Å². The van der Waals surface area contributed by atoms with Crippen molar-refractivity contribution in [1.29, 1.82) is 0 Å². The monoisotopic (exact) mass is 233 g/mol. The van der Waals surface area contributed by atoms with Gasteiger partial charge in [0.25, 0.3) is 0 Å². The zero-order valence-corrected chi connectivity index (χ0v) is 9.91. The highest BCUT2D eigenvalue weighted by atomic mass is 16.5. The van der Waals surface area contributed by atoms with Gasteiger partial charge in [-0.05, 0) is 13.8 Å². The third-order valence-corrected chi connectivity index (χ3v) is 2.05. The minimum Gasteiger partial charge on any atom is -0.480 e. The largest absolute Gasteiger partial charge is 0.480 e. The Balaban J connectivity index is 4.03. The van der Waals surface area contributed by atoms with Crippen LogP contribution in [0.1, 0.15) is 20.3 Å². The molecule has 0 amide bonds. The van der Waals surface area contributed by atoms with Gasteiger partial charge in [-0.1, -0.05) is 0 Å². The van der Waals surface area contributed by atoms with Gasteiger partial charge in [0.05, 0.1) is 19.6 Å². The van der Waals surface area contributed by atoms with Crippen LogP contribution in [0.4, 0.5) is 0 Å². The normalized spacial score (nSPS) is 14.2. The highest BCUT2D eigenvalue weighted by molar-refractivity contribution is 5.78. The number of hydrogen-bond acceptors (Lipinski definition) is 5. The summed E-state index contributed by atoms with van der Waals surface area (Å²) in [5.74, 6) is -1.36. The number of hydrogen-bond donors (Lipinski definition) is 2. The smallest absolute Gasteiger partial charge is 0.326 e. The van der Waals surface area contributed by atoms with E-state index >= 15 is 0 Å². The summed E-state index contributed by atoms with van der Waals surface area (Å²) in [6, 6.07) is 0. The van der Waals surface area contributed by atoms with Crippen molar-refractivity contribution in [3.05, 3.63) is 0 Å². The molecule has 0 radical (unpaired) electrons. The number of carbonyl (C=O) groups is 2. The summed E-state index contributed by atoms with van der Waals surface area (Å²) in [6.45, 7) is 3.82. The van der Waals surface area contributed by atoms with Gasteiger partial charge in [-0.2, -0.15) is 0 Å². The summed E-state index contributed by atoms with van der Waals surface area (Å²) in [5, 5.41) is 11.7. The Kier molecular flexibility index (Phi) is 6.67. The molecular formula is C10H19NO5. The summed E-state index contributed by atoms with van der Waals surface area (Å²) in [4.78, 5) is 22.0. The van der Waals surface area contributed by atoms with Gasteiger partial charge in [0, 0.05) is 13.7 Å². The summed E-state index contributed by atoms with van der Waals surface area (Å²) in [5.41, 5.74) is -1.18. The lowest BCUT2D eigenvalue weighted by molar-refractivity contribution is -0.148. The van der Waals surface area contributed by atoms with E-state index in [1.807, 2.05) is 0 Å². The number of nitrogens with one attached hydrogen (secondary N) is 1. The van der Waals surface area contributed by atoms with E-state index in [1.165, 1.54) is 14.0 Å². The standard InChI is InChI=1S/C10H19NO5/c1-4-16-8(12)5-6-11-10(2,7-15-3)9(13)14/h11H,4-7H2,1-3H3,(H,13,14). The van der Waals surface area contributed by atoms with Gasteiger partial charge in [-0.15, -0.1) is 0 Å². The van der Waals surface area contributed by atoms with Crippen LogP contribution in [0.3, 0.4) is 0 Å². The third-order valence-electron chi connectivity index (χ3n) is 2.05. The molecule has 0 aromatic rings. The maximum absolute atomic E-state index is 11.0. The second-order valence-corrected chi connectivity index (χ2v) is 3.55. The zero-order chi connectivity index (χ0) is 12.6. The fourth-order valence-corrected chi connectivity index (χ4v) is 1.15. The summed E-state index contributed by atoms with van der Waals surface area (Å²) in [7, 11) is 1.42. The average molecular weight is 233 g/mol. The fraction of sp³-hybridized carbons (Fsp3) is 0.800. The molecule has 0 saturated heterocycles. The molecule has 0 aliphatic rings. The van der Waals surface area contributed by atoms with Gasteiger partial charge in [-0.25, -0.2) is 0 Å². The molecule has 0 heterocycles. The number of aliphatic carboxylic acids is 1. The van der Waals surface area contributed by atoms with E-state index in [4.69, 9.17) is 14.6 Å². The first-order chi connectivity index (χ1) is 7.46. The van der Waals surface area contributed by atoms with Crippen LogP contribution in [0.5, 0.6) is 0 Å². The summed E-state index contributed by atoms with van der Waals surface area (Å²) in [6.07, 6.45) is 0.139. The first-order valence-electron chi connectivity index (χ1n) is 5.09. The second-order valence-electron chi connectivity index (χ2n) is 3.55. The van der Waals surface area contributed by atoms with Crippen LogP contribution in [-0.4, -0.2) is 49.5 Å². The van der Waals surface area contributed by atoms with Crippen LogP contribution >= 0.6 is 0 Å². The van der Waals surface area contributed by atoms with E-state index < -0.39 is 11.5 Å². The van der Waals surface area contributed by atoms with Crippen LogP contribution in [0, 0.1) is 0 Å². The van der Waals surface area contributed by atoms with Crippen molar-refractivity contribution < 1.29 is 24.2 Å². The topological polar surface area (TPSA) is 84.9 Å². The number of carbonyl (C=O) groups excluding carboxylic acids is 1. The Morgan fingerprint density at radius 2 is 2.06 bits per heavy atom. The number of carboxylic acids is 1. The minimum absolute atomic E-state index is 0.0329. The minimum atomic E-state index is -1.18. The summed E-state index contributed by atoms with van der Waals surface area (Å²) < 4.78 is 9.53. The lowest BCUT2D eigenvalue weighted by atomic mass is 10.0. The van der Waals surface area contributed by atoms with Crippen LogP contribution in [0.25, 0.3) is 0 Å². The highest BCUT2D eigenvalue weighted by Crippen LogP contribution is 2.04. The number of carboxylic acid groups (broad SMARTS) is 1. The Bertz CT molecular complexity index is 243. The number of ether oxygens (including phenoxy) is 2. The lowest BCUT2D eigenvalue weighted by Crippen LogP contribution is -2.53. The molecule has 0 aliphatic carbocycles. The highest BCUT2D eigenvalue weighted by Gasteiger charge is 2.32. The molecule has 0 aromatic carbocycles. The number of rotatable bonds is 8. The van der Waals surface area contributed by atoms with Gasteiger partial charge in [0.2, 0.25) is 0 Å². The molecule has 0 spiro atoms. The van der Waals surface area contributed by atoms with Crippen molar-refractivity contribution in [3.63, 3.8) is 0 Å². The summed E-state index contributed by atoms with van der Waals surface area (Å²) >= 11 is 0. The van der Waals surface area contributed by atoms with E-state index in [1.54, 1.807) is 6.92 Å². The predicted molar refractivity (Wildman–Crippen MR) is 57.2 cm³/mol. The fourth-order valence-electron chi connectivity index (χ4n) is 1.15. The Morgan fingerprint density at radius 1 is 1.44 bits per heavy atom. The average Bonchev–Trinajstić information content (AvgIpc) is 2.18. The van der Waals surface area contributed by atoms with Crippen molar-refractivity contribution in [2.24, 2.45) is 0 Å². The molecule has 6 heteroatoms. The molecule has 0 aromatic heterocycles. The molecule has 0 fully saturated rings. The SMILES string of the molecule is CCOC(=O)CCNC(C)(COC)C(=O)O. The van der Waals surface area contributed by atoms with Crippen LogP contribution < -0.4 is 5.32 Å². The third kappa shape index (κ3) is 5.09. The Morgan fingerprint density at radius 3 is 2.50 bits per heavy atom. The molecule has 0 saturated carbocycles. The van der Waals surface area contributed by atoms with Crippen molar-refractivity contribution in [3.8, 4) is 0 Å². The second kappa shape index (κ2) is 7.19. The van der Waals surface area contributed by atoms with E-state index in [0.29, 0.717) is 6.61 Å². The predicted octanol–water partition coefficient (Wildman–Crippen LogP) is 0.0189. The maximum atomic E-state index is 11.0. The molecule has 94 valence electrons. The molecule has 16 heavy (non-hydrogen) atoms. The maximum Gasteiger partial charge on any atom is 0.326 e.